The molecule has 2 heteroatoms. The monoisotopic (exact) mass is 562 g/mol. The molecule has 1 N–H and O–H groups in total. The minimum Gasteiger partial charge on any atom is -0.354 e. The van der Waals surface area contributed by atoms with E-state index >= 15 is 0 Å². The maximum Gasteiger partial charge on any atom is 0.0544 e. The number of nitrogens with one attached hydrogen (secondary N) is 1. The Labute approximate surface area is 257 Å². The number of para-hydroxylation sites is 2. The number of anilines is 3. The van der Waals surface area contributed by atoms with Crippen LogP contribution in [0.1, 0.15) is 0 Å². The second-order valence-corrected chi connectivity index (χ2v) is 11.1. The molecule has 0 spiro atoms. The second kappa shape index (κ2) is 11.1. The molecule has 0 aliphatic carbocycles. The van der Waals surface area contributed by atoms with Gasteiger partial charge in [-0.05, 0) is 70.3 Å². The lowest BCUT2D eigenvalue weighted by Gasteiger charge is -2.26. The molecule has 2 nitrogen and oxygen atoms in total. The van der Waals surface area contributed by atoms with E-state index in [1.165, 1.54) is 49.7 Å². The highest BCUT2D eigenvalue weighted by Crippen LogP contribution is 2.39. The minimum atomic E-state index is 1.11. The van der Waals surface area contributed by atoms with Gasteiger partial charge in [0.05, 0.1) is 5.52 Å². The van der Waals surface area contributed by atoms with Gasteiger partial charge >= 0.3 is 0 Å². The highest BCUT2D eigenvalue weighted by atomic mass is 15.1. The van der Waals surface area contributed by atoms with Gasteiger partial charge in [-0.15, -0.1) is 0 Å². The van der Waals surface area contributed by atoms with Gasteiger partial charge in [0.2, 0.25) is 0 Å². The van der Waals surface area contributed by atoms with Crippen LogP contribution in [0.2, 0.25) is 0 Å². The summed E-state index contributed by atoms with van der Waals surface area (Å²) >= 11 is 0. The maximum atomic E-state index is 3.66. The molecule has 1 heterocycles. The third-order valence-corrected chi connectivity index (χ3v) is 8.44. The second-order valence-electron chi connectivity index (χ2n) is 11.1. The van der Waals surface area contributed by atoms with E-state index in [9.17, 15) is 0 Å². The molecule has 0 fully saturated rings. The normalized spacial score (nSPS) is 11.2. The van der Waals surface area contributed by atoms with Crippen LogP contribution in [0.25, 0.3) is 55.2 Å². The van der Waals surface area contributed by atoms with Gasteiger partial charge in [-0.25, -0.2) is 0 Å². The fourth-order valence-corrected chi connectivity index (χ4v) is 6.22. The largest absolute Gasteiger partial charge is 0.354 e. The number of rotatable bonds is 6. The fraction of sp³-hybridized carbons (Fsp3) is 0. The molecule has 0 unspecified atom stereocenters. The summed E-state index contributed by atoms with van der Waals surface area (Å²) < 4.78 is 0. The summed E-state index contributed by atoms with van der Waals surface area (Å²) in [6.07, 6.45) is 0. The topological polar surface area (TPSA) is 19.0 Å². The Morgan fingerprint density at radius 1 is 0.318 bits per heavy atom. The standard InChI is InChI=1S/C42H30N2/c1-3-10-30(11-4-1)32-18-24-35(25-19-32)44(36-26-20-33(21-27-36)31-12-5-2-6-13-31)37-28-22-34(23-29-37)38-15-9-16-40-39-14-7-8-17-41(39)43-42(38)40/h1-29,43H. The Bertz CT molecular complexity index is 2090. The quantitative estimate of drug-likeness (QED) is 0.214. The molecule has 0 saturated heterocycles. The van der Waals surface area contributed by atoms with Gasteiger partial charge in [-0.3, -0.25) is 0 Å². The van der Waals surface area contributed by atoms with Crippen molar-refractivity contribution in [3.8, 4) is 33.4 Å². The molecule has 0 saturated carbocycles. The van der Waals surface area contributed by atoms with Gasteiger partial charge in [0, 0.05) is 38.9 Å². The van der Waals surface area contributed by atoms with Crippen LogP contribution < -0.4 is 4.90 Å². The van der Waals surface area contributed by atoms with Crippen molar-refractivity contribution in [3.05, 3.63) is 176 Å². The van der Waals surface area contributed by atoms with E-state index in [1.807, 2.05) is 0 Å². The molecular formula is C42H30N2. The van der Waals surface area contributed by atoms with Gasteiger partial charge in [0.25, 0.3) is 0 Å². The number of fused-ring (bicyclic) bond motifs is 3. The summed E-state index contributed by atoms with van der Waals surface area (Å²) in [6, 6.07) is 62.8. The lowest BCUT2D eigenvalue weighted by Crippen LogP contribution is -2.09. The zero-order chi connectivity index (χ0) is 29.3. The summed E-state index contributed by atoms with van der Waals surface area (Å²) in [5.41, 5.74) is 12.9. The summed E-state index contributed by atoms with van der Waals surface area (Å²) in [6.45, 7) is 0. The summed E-state index contributed by atoms with van der Waals surface area (Å²) in [5.74, 6) is 0. The van der Waals surface area contributed by atoms with Crippen LogP contribution in [-0.2, 0) is 0 Å². The van der Waals surface area contributed by atoms with Crippen molar-refractivity contribution in [3.63, 3.8) is 0 Å². The van der Waals surface area contributed by atoms with Crippen molar-refractivity contribution in [2.75, 3.05) is 4.90 Å². The lowest BCUT2D eigenvalue weighted by atomic mass is 10.0. The maximum absolute atomic E-state index is 3.66. The van der Waals surface area contributed by atoms with Gasteiger partial charge in [0.1, 0.15) is 0 Å². The first-order valence-corrected chi connectivity index (χ1v) is 15.0. The van der Waals surface area contributed by atoms with Gasteiger partial charge < -0.3 is 9.88 Å². The molecule has 0 radical (unpaired) electrons. The molecule has 0 amide bonds. The molecule has 1 aromatic heterocycles. The van der Waals surface area contributed by atoms with Crippen LogP contribution in [0, 0.1) is 0 Å². The van der Waals surface area contributed by atoms with E-state index in [2.05, 4.69) is 186 Å². The number of benzene rings is 7. The van der Waals surface area contributed by atoms with Crippen LogP contribution in [0.15, 0.2) is 176 Å². The Hall–Kier alpha value is -5.86. The van der Waals surface area contributed by atoms with E-state index < -0.39 is 0 Å². The first-order valence-electron chi connectivity index (χ1n) is 15.0. The Kier molecular flexibility index (Phi) is 6.51. The molecule has 8 rings (SSSR count). The predicted molar refractivity (Wildman–Crippen MR) is 187 cm³/mol. The van der Waals surface area contributed by atoms with Crippen LogP contribution >= 0.6 is 0 Å². The highest BCUT2D eigenvalue weighted by Gasteiger charge is 2.15. The highest BCUT2D eigenvalue weighted by molar-refractivity contribution is 6.11. The molecular weight excluding hydrogens is 532 g/mol. The van der Waals surface area contributed by atoms with Crippen molar-refractivity contribution in [2.45, 2.75) is 0 Å². The Balaban J connectivity index is 1.19. The van der Waals surface area contributed by atoms with Crippen molar-refractivity contribution < 1.29 is 0 Å². The minimum absolute atomic E-state index is 1.11. The third-order valence-electron chi connectivity index (χ3n) is 8.44. The zero-order valence-corrected chi connectivity index (χ0v) is 24.2. The number of aromatic nitrogens is 1. The Morgan fingerprint density at radius 3 is 1.30 bits per heavy atom. The number of hydrogen-bond acceptors (Lipinski definition) is 1. The van der Waals surface area contributed by atoms with Gasteiger partial charge in [0.15, 0.2) is 0 Å². The van der Waals surface area contributed by atoms with E-state index in [-0.39, 0.29) is 0 Å². The summed E-state index contributed by atoms with van der Waals surface area (Å²) in [5, 5.41) is 2.51. The number of aromatic amines is 1. The van der Waals surface area contributed by atoms with Crippen molar-refractivity contribution in [1.29, 1.82) is 0 Å². The molecule has 0 bridgehead atoms. The molecule has 8 aromatic rings. The molecule has 44 heavy (non-hydrogen) atoms. The average molecular weight is 563 g/mol. The fourth-order valence-electron chi connectivity index (χ4n) is 6.22. The molecule has 208 valence electrons. The van der Waals surface area contributed by atoms with Gasteiger partial charge in [-0.1, -0.05) is 133 Å². The van der Waals surface area contributed by atoms with Crippen LogP contribution in [0.3, 0.4) is 0 Å². The zero-order valence-electron chi connectivity index (χ0n) is 24.2. The predicted octanol–water partition coefficient (Wildman–Crippen LogP) is 11.8. The van der Waals surface area contributed by atoms with Crippen LogP contribution in [0.5, 0.6) is 0 Å². The summed E-state index contributed by atoms with van der Waals surface area (Å²) in [7, 11) is 0. The van der Waals surface area contributed by atoms with E-state index in [0.717, 1.165) is 22.6 Å². The van der Waals surface area contributed by atoms with Crippen molar-refractivity contribution in [1.82, 2.24) is 4.98 Å². The van der Waals surface area contributed by atoms with E-state index in [1.54, 1.807) is 0 Å². The molecule has 7 aromatic carbocycles. The lowest BCUT2D eigenvalue weighted by molar-refractivity contribution is 1.28. The molecule has 0 aliphatic heterocycles. The first kappa shape index (κ1) is 25.8. The Morgan fingerprint density at radius 2 is 0.750 bits per heavy atom. The number of H-pyrrole nitrogens is 1. The van der Waals surface area contributed by atoms with Crippen molar-refractivity contribution in [2.24, 2.45) is 0 Å². The summed E-state index contributed by atoms with van der Waals surface area (Å²) in [4.78, 5) is 5.99. The molecule has 0 aliphatic rings. The molecule has 0 atom stereocenters. The first-order chi connectivity index (χ1) is 21.8. The average Bonchev–Trinajstić information content (AvgIpc) is 3.49. The van der Waals surface area contributed by atoms with Crippen LogP contribution in [0.4, 0.5) is 17.1 Å². The van der Waals surface area contributed by atoms with E-state index in [0.29, 0.717) is 0 Å². The van der Waals surface area contributed by atoms with Crippen LogP contribution in [-0.4, -0.2) is 4.98 Å². The SMILES string of the molecule is c1ccc(-c2ccc(N(c3ccc(-c4ccccc4)cc3)c3ccc(-c4cccc5c4[nH]c4ccccc45)cc3)cc2)cc1. The van der Waals surface area contributed by atoms with Gasteiger partial charge in [-0.2, -0.15) is 0 Å². The van der Waals surface area contributed by atoms with Crippen molar-refractivity contribution >= 4 is 38.9 Å². The number of hydrogen-bond donors (Lipinski definition) is 1. The third kappa shape index (κ3) is 4.73. The smallest absolute Gasteiger partial charge is 0.0544 e. The number of nitrogens with zero attached hydrogens (tertiary/aromatic N) is 1. The van der Waals surface area contributed by atoms with E-state index in [4.69, 9.17) is 0 Å².